The maximum atomic E-state index is 2.44. The molecule has 16 heavy (non-hydrogen) atoms. The second-order valence-electron chi connectivity index (χ2n) is 8.73. The molecule has 0 aromatic rings. The minimum Gasteiger partial charge on any atom is -0.0620 e. The lowest BCUT2D eigenvalue weighted by Gasteiger charge is -2.38. The molecule has 0 nitrogen and oxygen atoms in total. The Balaban J connectivity index is 4.30. The van der Waals surface area contributed by atoms with Crippen molar-refractivity contribution >= 4 is 0 Å². The van der Waals surface area contributed by atoms with Crippen LogP contribution in [0, 0.1) is 22.2 Å². The van der Waals surface area contributed by atoms with Crippen LogP contribution in [0.1, 0.15) is 81.6 Å². The largest absolute Gasteiger partial charge is 0.0620 e. The zero-order valence-corrected chi connectivity index (χ0v) is 13.2. The summed E-state index contributed by atoms with van der Waals surface area (Å²) in [5.41, 5.74) is 1.38. The Labute approximate surface area is 104 Å². The third-order valence-corrected chi connectivity index (χ3v) is 3.65. The second-order valence-corrected chi connectivity index (χ2v) is 8.73. The summed E-state index contributed by atoms with van der Waals surface area (Å²) in [7, 11) is 0. The van der Waals surface area contributed by atoms with E-state index < -0.39 is 0 Å². The molecule has 0 aliphatic heterocycles. The van der Waals surface area contributed by atoms with Crippen molar-refractivity contribution in [2.24, 2.45) is 22.2 Å². The maximum absolute atomic E-state index is 2.44. The van der Waals surface area contributed by atoms with Gasteiger partial charge < -0.3 is 0 Å². The van der Waals surface area contributed by atoms with Gasteiger partial charge in [-0.25, -0.2) is 0 Å². The van der Waals surface area contributed by atoms with Gasteiger partial charge in [-0.15, -0.1) is 0 Å². The van der Waals surface area contributed by atoms with Crippen molar-refractivity contribution in [3.05, 3.63) is 0 Å². The molecule has 1 atom stereocenters. The van der Waals surface area contributed by atoms with Gasteiger partial charge in [-0.1, -0.05) is 62.3 Å². The van der Waals surface area contributed by atoms with Crippen molar-refractivity contribution in [1.82, 2.24) is 0 Å². The molecule has 0 radical (unpaired) electrons. The van der Waals surface area contributed by atoms with Gasteiger partial charge in [-0.05, 0) is 41.4 Å². The van der Waals surface area contributed by atoms with Gasteiger partial charge in [0, 0.05) is 0 Å². The summed E-state index contributed by atoms with van der Waals surface area (Å²) in [5.74, 6) is 0.811. The Morgan fingerprint density at radius 1 is 0.750 bits per heavy atom. The van der Waals surface area contributed by atoms with Gasteiger partial charge in [-0.3, -0.25) is 0 Å². The van der Waals surface area contributed by atoms with Crippen LogP contribution in [0.4, 0.5) is 0 Å². The SMILES string of the molecule is CC(CCC(C)(C)C)C(C)(C)CC(C)(C)C. The average Bonchev–Trinajstić information content (AvgIpc) is 1.93. The highest BCUT2D eigenvalue weighted by molar-refractivity contribution is 4.81. The maximum Gasteiger partial charge on any atom is -0.0324 e. The normalized spacial score (nSPS) is 16.3. The zero-order valence-electron chi connectivity index (χ0n) is 13.2. The summed E-state index contributed by atoms with van der Waals surface area (Å²) in [6.07, 6.45) is 4.00. The van der Waals surface area contributed by atoms with Crippen LogP contribution in [-0.2, 0) is 0 Å². The van der Waals surface area contributed by atoms with Gasteiger partial charge in [0.15, 0.2) is 0 Å². The number of hydrogen-bond acceptors (Lipinski definition) is 0. The van der Waals surface area contributed by atoms with E-state index in [1.807, 2.05) is 0 Å². The molecule has 0 spiro atoms. The molecule has 0 N–H and O–H groups in total. The van der Waals surface area contributed by atoms with E-state index in [4.69, 9.17) is 0 Å². The van der Waals surface area contributed by atoms with E-state index in [0.29, 0.717) is 16.2 Å². The molecule has 0 heteroatoms. The Morgan fingerprint density at radius 3 is 1.50 bits per heavy atom. The van der Waals surface area contributed by atoms with Crippen LogP contribution in [0.3, 0.4) is 0 Å². The molecular formula is C16H34. The lowest BCUT2D eigenvalue weighted by Crippen LogP contribution is -2.28. The molecule has 0 aromatic carbocycles. The van der Waals surface area contributed by atoms with Gasteiger partial charge in [0.2, 0.25) is 0 Å². The summed E-state index contributed by atoms with van der Waals surface area (Å²) in [6.45, 7) is 21.4. The monoisotopic (exact) mass is 226 g/mol. The third-order valence-electron chi connectivity index (χ3n) is 3.65. The third kappa shape index (κ3) is 7.30. The van der Waals surface area contributed by atoms with Crippen molar-refractivity contribution in [1.29, 1.82) is 0 Å². The summed E-state index contributed by atoms with van der Waals surface area (Å²) in [4.78, 5) is 0. The lowest BCUT2D eigenvalue weighted by molar-refractivity contribution is 0.124. The molecule has 0 aliphatic rings. The summed E-state index contributed by atoms with van der Waals surface area (Å²) in [6, 6.07) is 0. The van der Waals surface area contributed by atoms with Crippen molar-refractivity contribution in [3.8, 4) is 0 Å². The van der Waals surface area contributed by atoms with Crippen LogP contribution in [-0.4, -0.2) is 0 Å². The fraction of sp³-hybridized carbons (Fsp3) is 1.00. The standard InChI is InChI=1S/C16H34/c1-13(10-11-14(2,3)4)16(8,9)12-15(5,6)7/h13H,10-12H2,1-9H3. The highest BCUT2D eigenvalue weighted by Gasteiger charge is 2.31. The molecule has 0 aliphatic carbocycles. The van der Waals surface area contributed by atoms with E-state index in [9.17, 15) is 0 Å². The zero-order chi connectivity index (χ0) is 13.2. The van der Waals surface area contributed by atoms with E-state index >= 15 is 0 Å². The number of hydrogen-bond donors (Lipinski definition) is 0. The molecule has 0 fully saturated rings. The topological polar surface area (TPSA) is 0 Å². The van der Waals surface area contributed by atoms with Crippen LogP contribution in [0.5, 0.6) is 0 Å². The molecule has 0 saturated heterocycles. The minimum absolute atomic E-state index is 0.444. The molecule has 0 bridgehead atoms. The fourth-order valence-electron chi connectivity index (χ4n) is 2.58. The Bertz CT molecular complexity index is 197. The quantitative estimate of drug-likeness (QED) is 0.559. The van der Waals surface area contributed by atoms with Gasteiger partial charge in [0.25, 0.3) is 0 Å². The second kappa shape index (κ2) is 5.10. The van der Waals surface area contributed by atoms with Crippen LogP contribution in [0.25, 0.3) is 0 Å². The van der Waals surface area contributed by atoms with Crippen LogP contribution >= 0.6 is 0 Å². The van der Waals surface area contributed by atoms with E-state index in [1.165, 1.54) is 19.3 Å². The molecule has 98 valence electrons. The Hall–Kier alpha value is 0. The van der Waals surface area contributed by atoms with E-state index in [-0.39, 0.29) is 0 Å². The first kappa shape index (κ1) is 16.0. The molecular weight excluding hydrogens is 192 g/mol. The van der Waals surface area contributed by atoms with Crippen LogP contribution < -0.4 is 0 Å². The molecule has 0 aromatic heterocycles. The molecule has 1 unspecified atom stereocenters. The Morgan fingerprint density at radius 2 is 1.19 bits per heavy atom. The predicted octanol–water partition coefficient (Wildman–Crippen LogP) is 5.91. The highest BCUT2D eigenvalue weighted by Crippen LogP contribution is 2.41. The molecule has 0 heterocycles. The first-order chi connectivity index (χ1) is 6.83. The van der Waals surface area contributed by atoms with Crippen molar-refractivity contribution in [2.75, 3.05) is 0 Å². The van der Waals surface area contributed by atoms with Gasteiger partial charge in [0.1, 0.15) is 0 Å². The number of rotatable bonds is 4. The Kier molecular flexibility index (Phi) is 5.10. The summed E-state index contributed by atoms with van der Waals surface area (Å²) in [5, 5.41) is 0. The van der Waals surface area contributed by atoms with Crippen LogP contribution in [0.2, 0.25) is 0 Å². The predicted molar refractivity (Wildman–Crippen MR) is 75.7 cm³/mol. The lowest BCUT2D eigenvalue weighted by atomic mass is 9.67. The highest BCUT2D eigenvalue weighted by atomic mass is 14.4. The van der Waals surface area contributed by atoms with Crippen molar-refractivity contribution in [2.45, 2.75) is 81.6 Å². The molecule has 0 rings (SSSR count). The van der Waals surface area contributed by atoms with E-state index in [0.717, 1.165) is 5.92 Å². The molecule has 0 amide bonds. The molecule has 0 saturated carbocycles. The first-order valence-electron chi connectivity index (χ1n) is 6.83. The van der Waals surface area contributed by atoms with E-state index in [2.05, 4.69) is 62.3 Å². The van der Waals surface area contributed by atoms with Crippen molar-refractivity contribution < 1.29 is 0 Å². The average molecular weight is 226 g/mol. The van der Waals surface area contributed by atoms with Crippen molar-refractivity contribution in [3.63, 3.8) is 0 Å². The van der Waals surface area contributed by atoms with Crippen LogP contribution in [0.15, 0.2) is 0 Å². The van der Waals surface area contributed by atoms with Gasteiger partial charge in [0.05, 0.1) is 0 Å². The smallest absolute Gasteiger partial charge is 0.0324 e. The minimum atomic E-state index is 0.444. The van der Waals surface area contributed by atoms with Gasteiger partial charge in [-0.2, -0.15) is 0 Å². The first-order valence-corrected chi connectivity index (χ1v) is 6.83. The van der Waals surface area contributed by atoms with Gasteiger partial charge >= 0.3 is 0 Å². The summed E-state index contributed by atoms with van der Waals surface area (Å²) >= 11 is 0. The fourth-order valence-corrected chi connectivity index (χ4v) is 2.58. The van der Waals surface area contributed by atoms with E-state index in [1.54, 1.807) is 0 Å². The summed E-state index contributed by atoms with van der Waals surface area (Å²) < 4.78 is 0.